The molecule has 0 aromatic heterocycles. The first kappa shape index (κ1) is 12.5. The first-order valence-electron chi connectivity index (χ1n) is 4.71. The maximum atomic E-state index is 10.4. The summed E-state index contributed by atoms with van der Waals surface area (Å²) in [4.78, 5) is 25.1. The molecule has 2 atom stereocenters. The fraction of sp³-hybridized carbons (Fsp3) is 0.750. The van der Waals surface area contributed by atoms with E-state index in [0.717, 1.165) is 5.06 Å². The van der Waals surface area contributed by atoms with Crippen LogP contribution in [0.3, 0.4) is 0 Å². The molecule has 1 aliphatic heterocycles. The second-order valence-corrected chi connectivity index (χ2v) is 3.11. The molecule has 8 heteroatoms. The van der Waals surface area contributed by atoms with Crippen LogP contribution in [0.2, 0.25) is 0 Å². The van der Waals surface area contributed by atoms with E-state index in [1.807, 2.05) is 0 Å². The molecule has 16 heavy (non-hydrogen) atoms. The minimum Gasteiger partial charge on any atom is -0.450 e. The van der Waals surface area contributed by atoms with E-state index < -0.39 is 18.5 Å². The van der Waals surface area contributed by atoms with Crippen LogP contribution in [-0.4, -0.2) is 53.1 Å². The molecule has 0 unspecified atom stereocenters. The van der Waals surface area contributed by atoms with Gasteiger partial charge in [-0.15, -0.1) is 0 Å². The van der Waals surface area contributed by atoms with Crippen molar-refractivity contribution in [2.75, 3.05) is 13.2 Å². The quantitative estimate of drug-likeness (QED) is 0.687. The number of hydroxylamine groups is 2. The summed E-state index contributed by atoms with van der Waals surface area (Å²) in [6, 6.07) is 0. The standard InChI is InChI=1S/C8H13NO7/c1-2-14-5-3-6(15-7(10)11)9(4-5)16-8(12)13/h5-6H,2-4H2,1H3,(H,10,11)(H,12,13)/t5-,6+/m0/s1. The van der Waals surface area contributed by atoms with Crippen LogP contribution in [0.4, 0.5) is 9.59 Å². The van der Waals surface area contributed by atoms with Gasteiger partial charge in [0.2, 0.25) is 0 Å². The Bertz CT molecular complexity index is 245. The molecule has 0 aromatic carbocycles. The van der Waals surface area contributed by atoms with E-state index in [2.05, 4.69) is 9.57 Å². The molecule has 1 heterocycles. The largest absolute Gasteiger partial charge is 0.525 e. The van der Waals surface area contributed by atoms with Crippen molar-refractivity contribution in [1.29, 1.82) is 0 Å². The van der Waals surface area contributed by atoms with Gasteiger partial charge in [-0.05, 0) is 6.92 Å². The Morgan fingerprint density at radius 3 is 2.56 bits per heavy atom. The van der Waals surface area contributed by atoms with Gasteiger partial charge in [-0.2, -0.15) is 0 Å². The van der Waals surface area contributed by atoms with E-state index in [-0.39, 0.29) is 19.1 Å². The maximum absolute atomic E-state index is 10.4. The zero-order chi connectivity index (χ0) is 12.1. The second kappa shape index (κ2) is 5.52. The molecule has 0 aliphatic carbocycles. The molecule has 2 N–H and O–H groups in total. The summed E-state index contributed by atoms with van der Waals surface area (Å²) < 4.78 is 9.71. The highest BCUT2D eigenvalue weighted by Crippen LogP contribution is 2.21. The van der Waals surface area contributed by atoms with Crippen molar-refractivity contribution in [3.05, 3.63) is 0 Å². The number of hydrogen-bond donors (Lipinski definition) is 2. The molecule has 92 valence electrons. The van der Waals surface area contributed by atoms with Crippen LogP contribution in [0.15, 0.2) is 0 Å². The van der Waals surface area contributed by atoms with E-state index in [1.54, 1.807) is 6.92 Å². The number of rotatable bonds is 4. The van der Waals surface area contributed by atoms with Gasteiger partial charge in [0.15, 0.2) is 6.23 Å². The average Bonchev–Trinajstić information content (AvgIpc) is 2.46. The van der Waals surface area contributed by atoms with Gasteiger partial charge in [-0.25, -0.2) is 9.59 Å². The van der Waals surface area contributed by atoms with Crippen LogP contribution < -0.4 is 0 Å². The molecule has 1 fully saturated rings. The van der Waals surface area contributed by atoms with Gasteiger partial charge >= 0.3 is 12.3 Å². The van der Waals surface area contributed by atoms with Crippen molar-refractivity contribution in [1.82, 2.24) is 5.06 Å². The van der Waals surface area contributed by atoms with E-state index in [1.165, 1.54) is 0 Å². The lowest BCUT2D eigenvalue weighted by molar-refractivity contribution is -0.189. The minimum atomic E-state index is -1.52. The monoisotopic (exact) mass is 235 g/mol. The highest BCUT2D eigenvalue weighted by Gasteiger charge is 2.38. The van der Waals surface area contributed by atoms with Gasteiger partial charge in [0, 0.05) is 13.0 Å². The highest BCUT2D eigenvalue weighted by molar-refractivity contribution is 5.57. The first-order chi connectivity index (χ1) is 7.52. The SMILES string of the molecule is CCO[C@H]1C[C@@H](OC(=O)O)N(OC(=O)O)C1. The topological polar surface area (TPSA) is 106 Å². The van der Waals surface area contributed by atoms with Gasteiger partial charge in [-0.1, -0.05) is 5.06 Å². The fourth-order valence-electron chi connectivity index (χ4n) is 1.51. The molecule has 1 rings (SSSR count). The number of carbonyl (C=O) groups is 2. The number of hydrogen-bond acceptors (Lipinski definition) is 6. The van der Waals surface area contributed by atoms with E-state index in [9.17, 15) is 9.59 Å². The van der Waals surface area contributed by atoms with Gasteiger partial charge in [0.05, 0.1) is 12.6 Å². The van der Waals surface area contributed by atoms with Gasteiger partial charge in [-0.3, -0.25) is 0 Å². The summed E-state index contributed by atoms with van der Waals surface area (Å²) in [5, 5.41) is 17.8. The average molecular weight is 235 g/mol. The van der Waals surface area contributed by atoms with E-state index >= 15 is 0 Å². The highest BCUT2D eigenvalue weighted by atomic mass is 16.8. The Hall–Kier alpha value is -1.54. The predicted octanol–water partition coefficient (Wildman–Crippen LogP) is 0.728. The van der Waals surface area contributed by atoms with Crippen molar-refractivity contribution in [2.24, 2.45) is 0 Å². The van der Waals surface area contributed by atoms with Crippen LogP contribution >= 0.6 is 0 Å². The summed E-state index contributed by atoms with van der Waals surface area (Å²) in [6.07, 6.45) is -4.01. The van der Waals surface area contributed by atoms with Crippen LogP contribution in [-0.2, 0) is 14.3 Å². The van der Waals surface area contributed by atoms with E-state index in [4.69, 9.17) is 14.9 Å². The molecular formula is C8H13NO7. The lowest BCUT2D eigenvalue weighted by Crippen LogP contribution is -2.35. The van der Waals surface area contributed by atoms with Gasteiger partial charge in [0.1, 0.15) is 0 Å². The number of carboxylic acid groups (broad SMARTS) is 2. The van der Waals surface area contributed by atoms with Gasteiger partial charge in [0.25, 0.3) is 0 Å². The molecule has 0 radical (unpaired) electrons. The smallest absolute Gasteiger partial charge is 0.450 e. The Morgan fingerprint density at radius 2 is 2.06 bits per heavy atom. The lowest BCUT2D eigenvalue weighted by atomic mass is 10.3. The molecule has 8 nitrogen and oxygen atoms in total. The third-order valence-electron chi connectivity index (χ3n) is 2.00. The molecular weight excluding hydrogens is 222 g/mol. The van der Waals surface area contributed by atoms with Crippen molar-refractivity contribution in [2.45, 2.75) is 25.7 Å². The van der Waals surface area contributed by atoms with Crippen LogP contribution in [0, 0.1) is 0 Å². The van der Waals surface area contributed by atoms with Crippen molar-refractivity contribution in [3.63, 3.8) is 0 Å². The molecule has 0 aromatic rings. The third kappa shape index (κ3) is 3.55. The number of ether oxygens (including phenoxy) is 2. The van der Waals surface area contributed by atoms with Crippen LogP contribution in [0.25, 0.3) is 0 Å². The summed E-state index contributed by atoms with van der Waals surface area (Å²) in [6.45, 7) is 2.39. The van der Waals surface area contributed by atoms with E-state index in [0.29, 0.717) is 6.61 Å². The summed E-state index contributed by atoms with van der Waals surface area (Å²) >= 11 is 0. The molecule has 0 bridgehead atoms. The van der Waals surface area contributed by atoms with Crippen LogP contribution in [0.1, 0.15) is 13.3 Å². The van der Waals surface area contributed by atoms with Crippen LogP contribution in [0.5, 0.6) is 0 Å². The normalized spacial score (nSPS) is 25.3. The van der Waals surface area contributed by atoms with Gasteiger partial charge < -0.3 is 24.5 Å². The zero-order valence-electron chi connectivity index (χ0n) is 8.66. The summed E-state index contributed by atoms with van der Waals surface area (Å²) in [5.41, 5.74) is 0. The Morgan fingerprint density at radius 1 is 1.38 bits per heavy atom. The first-order valence-corrected chi connectivity index (χ1v) is 4.71. The maximum Gasteiger partial charge on any atom is 0.525 e. The Labute approximate surface area is 91.3 Å². The lowest BCUT2D eigenvalue weighted by Gasteiger charge is -2.19. The fourth-order valence-corrected chi connectivity index (χ4v) is 1.51. The molecule has 1 aliphatic rings. The molecule has 0 amide bonds. The summed E-state index contributed by atoms with van der Waals surface area (Å²) in [5.74, 6) is 0. The Kier molecular flexibility index (Phi) is 4.32. The second-order valence-electron chi connectivity index (χ2n) is 3.11. The molecule has 0 saturated carbocycles. The third-order valence-corrected chi connectivity index (χ3v) is 2.00. The minimum absolute atomic E-state index is 0.151. The summed E-state index contributed by atoms with van der Waals surface area (Å²) in [7, 11) is 0. The molecule has 0 spiro atoms. The van der Waals surface area contributed by atoms with Crippen molar-refractivity contribution < 1.29 is 34.1 Å². The Balaban J connectivity index is 2.55. The molecule has 1 saturated heterocycles. The predicted molar refractivity (Wildman–Crippen MR) is 48.7 cm³/mol. The van der Waals surface area contributed by atoms with Crippen molar-refractivity contribution in [3.8, 4) is 0 Å². The zero-order valence-corrected chi connectivity index (χ0v) is 8.66. The number of nitrogens with zero attached hydrogens (tertiary/aromatic N) is 1. The van der Waals surface area contributed by atoms with Crippen molar-refractivity contribution >= 4 is 12.3 Å².